The maximum atomic E-state index is 14.0. The normalized spacial score (nSPS) is 17.0. The Morgan fingerprint density at radius 1 is 1.08 bits per heavy atom. The van der Waals surface area contributed by atoms with Crippen LogP contribution in [0, 0.1) is 5.82 Å². The lowest BCUT2D eigenvalue weighted by atomic mass is 9.80. The van der Waals surface area contributed by atoms with Crippen molar-refractivity contribution in [1.29, 1.82) is 0 Å². The largest absolute Gasteiger partial charge is 0.573 e. The molecule has 0 saturated heterocycles. The van der Waals surface area contributed by atoms with Crippen LogP contribution in [0.5, 0.6) is 5.75 Å². The second-order valence-electron chi connectivity index (χ2n) is 6.88. The van der Waals surface area contributed by atoms with E-state index in [0.29, 0.717) is 12.8 Å². The summed E-state index contributed by atoms with van der Waals surface area (Å²) in [6.45, 7) is 2.16. The second kappa shape index (κ2) is 7.68. The number of hydrogen-bond donors (Lipinski definition) is 0. The summed E-state index contributed by atoms with van der Waals surface area (Å²) in [6.07, 6.45) is 0.588. The molecule has 1 atom stereocenters. The predicted octanol–water partition coefficient (Wildman–Crippen LogP) is 6.34. The van der Waals surface area contributed by atoms with Gasteiger partial charge in [-0.3, -0.25) is 0 Å². The van der Waals surface area contributed by atoms with Crippen molar-refractivity contribution >= 4 is 0 Å². The van der Waals surface area contributed by atoms with E-state index in [1.54, 1.807) is 0 Å². The number of alkyl halides is 3. The van der Waals surface area contributed by atoms with Crippen LogP contribution in [0.2, 0.25) is 0 Å². The van der Waals surface area contributed by atoms with Crippen LogP contribution in [-0.4, -0.2) is 6.36 Å². The zero-order valence-electron chi connectivity index (χ0n) is 14.7. The van der Waals surface area contributed by atoms with Gasteiger partial charge in [0.25, 0.3) is 0 Å². The van der Waals surface area contributed by atoms with Gasteiger partial charge in [-0.1, -0.05) is 37.6 Å². The summed E-state index contributed by atoms with van der Waals surface area (Å²) in [5.74, 6) is -1.44. The molecule has 0 fully saturated rings. The Morgan fingerprint density at radius 2 is 1.81 bits per heavy atom. The molecule has 1 unspecified atom stereocenters. The highest BCUT2D eigenvalue weighted by Gasteiger charge is 2.33. The SMILES string of the molecule is CCCCc1ccc(C2CCc3cc(OC(F)(F)F)c(F)cc3C2)cc1. The van der Waals surface area contributed by atoms with Crippen molar-refractivity contribution in [1.82, 2.24) is 0 Å². The molecule has 3 rings (SSSR count). The van der Waals surface area contributed by atoms with E-state index in [1.165, 1.54) is 23.3 Å². The minimum absolute atomic E-state index is 0.261. The molecule has 0 aliphatic heterocycles. The molecule has 1 aliphatic carbocycles. The maximum absolute atomic E-state index is 14.0. The third kappa shape index (κ3) is 4.57. The van der Waals surface area contributed by atoms with Gasteiger partial charge in [0.1, 0.15) is 0 Å². The molecule has 140 valence electrons. The molecule has 0 heterocycles. The van der Waals surface area contributed by atoms with E-state index in [-0.39, 0.29) is 5.92 Å². The number of rotatable bonds is 5. The first-order chi connectivity index (χ1) is 12.4. The van der Waals surface area contributed by atoms with Crippen LogP contribution < -0.4 is 4.74 Å². The lowest BCUT2D eigenvalue weighted by Crippen LogP contribution is -2.19. The molecule has 26 heavy (non-hydrogen) atoms. The third-order valence-corrected chi connectivity index (χ3v) is 4.98. The van der Waals surface area contributed by atoms with E-state index >= 15 is 0 Å². The lowest BCUT2D eigenvalue weighted by Gasteiger charge is -2.26. The van der Waals surface area contributed by atoms with Crippen LogP contribution in [0.3, 0.4) is 0 Å². The van der Waals surface area contributed by atoms with Crippen molar-refractivity contribution in [2.45, 2.75) is 57.7 Å². The molecular formula is C21H22F4O. The van der Waals surface area contributed by atoms with E-state index in [4.69, 9.17) is 0 Å². The van der Waals surface area contributed by atoms with Crippen molar-refractivity contribution in [3.05, 3.63) is 64.5 Å². The third-order valence-electron chi connectivity index (χ3n) is 4.98. The standard InChI is InChI=1S/C21H22F4O/c1-2-3-4-14-5-7-15(8-6-14)16-9-10-17-13-20(26-21(23,24)25)19(22)12-18(17)11-16/h5-8,12-13,16H,2-4,9-11H2,1H3. The lowest BCUT2D eigenvalue weighted by molar-refractivity contribution is -0.275. The first-order valence-electron chi connectivity index (χ1n) is 9.01. The Hall–Kier alpha value is -2.04. The fourth-order valence-corrected chi connectivity index (χ4v) is 3.58. The highest BCUT2D eigenvalue weighted by atomic mass is 19.4. The summed E-state index contributed by atoms with van der Waals surface area (Å²) in [5.41, 5.74) is 4.02. The first-order valence-corrected chi connectivity index (χ1v) is 9.01. The minimum atomic E-state index is -4.88. The van der Waals surface area contributed by atoms with Crippen LogP contribution in [0.25, 0.3) is 0 Å². The molecule has 1 nitrogen and oxygen atoms in total. The van der Waals surface area contributed by atoms with E-state index in [9.17, 15) is 17.6 Å². The summed E-state index contributed by atoms with van der Waals surface area (Å²) in [6, 6.07) is 10.9. The van der Waals surface area contributed by atoms with Gasteiger partial charge in [-0.05, 0) is 72.4 Å². The van der Waals surface area contributed by atoms with Gasteiger partial charge in [-0.25, -0.2) is 4.39 Å². The first kappa shape index (κ1) is 18.7. The van der Waals surface area contributed by atoms with Gasteiger partial charge < -0.3 is 4.74 Å². The second-order valence-corrected chi connectivity index (χ2v) is 6.88. The summed E-state index contributed by atoms with van der Waals surface area (Å²) < 4.78 is 54.8. The quantitative estimate of drug-likeness (QED) is 0.561. The minimum Gasteiger partial charge on any atom is -0.403 e. The van der Waals surface area contributed by atoms with E-state index in [1.807, 2.05) is 0 Å². The Kier molecular flexibility index (Phi) is 5.54. The molecule has 0 bridgehead atoms. The average Bonchev–Trinajstić information content (AvgIpc) is 2.59. The zero-order chi connectivity index (χ0) is 18.7. The molecular weight excluding hydrogens is 344 g/mol. The molecule has 5 heteroatoms. The molecule has 0 radical (unpaired) electrons. The number of unbranched alkanes of at least 4 members (excludes halogenated alkanes) is 1. The fourth-order valence-electron chi connectivity index (χ4n) is 3.58. The molecule has 1 aliphatic rings. The van der Waals surface area contributed by atoms with Crippen LogP contribution >= 0.6 is 0 Å². The van der Waals surface area contributed by atoms with Crippen LogP contribution in [0.4, 0.5) is 17.6 Å². The Morgan fingerprint density at radius 3 is 2.46 bits per heavy atom. The molecule has 2 aromatic rings. The van der Waals surface area contributed by atoms with Gasteiger partial charge in [0.15, 0.2) is 11.6 Å². The summed E-state index contributed by atoms with van der Waals surface area (Å²) >= 11 is 0. The Balaban J connectivity index is 1.74. The zero-order valence-corrected chi connectivity index (χ0v) is 14.7. The van der Waals surface area contributed by atoms with E-state index in [0.717, 1.165) is 36.8 Å². The number of benzene rings is 2. The molecule has 0 spiro atoms. The van der Waals surface area contributed by atoms with Gasteiger partial charge in [-0.15, -0.1) is 13.2 Å². The average molecular weight is 366 g/mol. The van der Waals surface area contributed by atoms with Crippen molar-refractivity contribution in [3.63, 3.8) is 0 Å². The highest BCUT2D eigenvalue weighted by molar-refractivity contribution is 5.41. The van der Waals surface area contributed by atoms with Crippen molar-refractivity contribution < 1.29 is 22.3 Å². The van der Waals surface area contributed by atoms with Gasteiger partial charge in [0, 0.05) is 0 Å². The smallest absolute Gasteiger partial charge is 0.403 e. The number of aryl methyl sites for hydroxylation is 2. The van der Waals surface area contributed by atoms with Crippen LogP contribution in [0.15, 0.2) is 36.4 Å². The van der Waals surface area contributed by atoms with Gasteiger partial charge >= 0.3 is 6.36 Å². The Labute approximate surface area is 151 Å². The highest BCUT2D eigenvalue weighted by Crippen LogP contribution is 2.36. The predicted molar refractivity (Wildman–Crippen MR) is 92.9 cm³/mol. The van der Waals surface area contributed by atoms with E-state index < -0.39 is 17.9 Å². The van der Waals surface area contributed by atoms with Crippen molar-refractivity contribution in [2.24, 2.45) is 0 Å². The number of halogens is 4. The van der Waals surface area contributed by atoms with Crippen molar-refractivity contribution in [2.75, 3.05) is 0 Å². The van der Waals surface area contributed by atoms with Crippen LogP contribution in [0.1, 0.15) is 54.4 Å². The molecule has 0 saturated carbocycles. The fraction of sp³-hybridized carbons (Fsp3) is 0.429. The van der Waals surface area contributed by atoms with Crippen LogP contribution in [-0.2, 0) is 19.3 Å². The summed E-state index contributed by atoms with van der Waals surface area (Å²) in [7, 11) is 0. The summed E-state index contributed by atoms with van der Waals surface area (Å²) in [4.78, 5) is 0. The molecule has 0 aromatic heterocycles. The van der Waals surface area contributed by atoms with Crippen molar-refractivity contribution in [3.8, 4) is 5.75 Å². The number of ether oxygens (including phenoxy) is 1. The van der Waals surface area contributed by atoms with Gasteiger partial charge in [0.05, 0.1) is 0 Å². The molecule has 2 aromatic carbocycles. The van der Waals surface area contributed by atoms with Gasteiger partial charge in [-0.2, -0.15) is 0 Å². The number of hydrogen-bond acceptors (Lipinski definition) is 1. The number of fused-ring (bicyclic) bond motifs is 1. The monoisotopic (exact) mass is 366 g/mol. The maximum Gasteiger partial charge on any atom is 0.573 e. The topological polar surface area (TPSA) is 9.23 Å². The molecule has 0 amide bonds. The molecule has 0 N–H and O–H groups in total. The summed E-state index contributed by atoms with van der Waals surface area (Å²) in [5, 5.41) is 0. The Bertz CT molecular complexity index is 750. The van der Waals surface area contributed by atoms with Gasteiger partial charge in [0.2, 0.25) is 0 Å². The van der Waals surface area contributed by atoms with E-state index in [2.05, 4.69) is 35.9 Å².